The highest BCUT2D eigenvalue weighted by molar-refractivity contribution is 5.74. The van der Waals surface area contributed by atoms with Gasteiger partial charge in [0.15, 0.2) is 0 Å². The first-order valence-electron chi connectivity index (χ1n) is 5.30. The maximum atomic E-state index is 5.29. The lowest BCUT2D eigenvalue weighted by Crippen LogP contribution is -2.11. The van der Waals surface area contributed by atoms with Crippen LogP contribution in [0.3, 0.4) is 0 Å². The fraction of sp³-hybridized carbons (Fsp3) is 0.417. The van der Waals surface area contributed by atoms with E-state index in [-0.39, 0.29) is 0 Å². The monoisotopic (exact) mass is 205 g/mol. The molecule has 0 saturated heterocycles. The third-order valence-electron chi connectivity index (χ3n) is 2.15. The van der Waals surface area contributed by atoms with Crippen molar-refractivity contribution in [2.45, 2.75) is 33.2 Å². The van der Waals surface area contributed by atoms with E-state index in [1.807, 2.05) is 38.1 Å². The molecule has 3 heteroatoms. The molecule has 0 spiro atoms. The van der Waals surface area contributed by atoms with Crippen LogP contribution in [0.25, 0.3) is 11.0 Å². The van der Waals surface area contributed by atoms with Crippen molar-refractivity contribution in [3.8, 4) is 0 Å². The number of nitrogens with two attached hydrogens (primary N) is 1. The average Bonchev–Trinajstić information content (AvgIpc) is 2.58. The lowest BCUT2D eigenvalue weighted by molar-refractivity contribution is 0.715. The molecular weight excluding hydrogens is 186 g/mol. The van der Waals surface area contributed by atoms with E-state index in [9.17, 15) is 0 Å². The van der Waals surface area contributed by atoms with Crippen LogP contribution in [-0.4, -0.2) is 16.0 Å². The molecule has 1 aromatic heterocycles. The van der Waals surface area contributed by atoms with Gasteiger partial charge in [0, 0.05) is 6.04 Å². The van der Waals surface area contributed by atoms with Crippen LogP contribution in [0.2, 0.25) is 0 Å². The smallest absolute Gasteiger partial charge is 0.104 e. The highest BCUT2D eigenvalue weighted by Crippen LogP contribution is 2.08. The minimum atomic E-state index is 0.384. The third kappa shape index (κ3) is 3.72. The van der Waals surface area contributed by atoms with Crippen LogP contribution in [0.1, 0.15) is 26.1 Å². The Morgan fingerprint density at radius 3 is 2.53 bits per heavy atom. The first-order chi connectivity index (χ1) is 7.13. The molecular formula is C12H19N3. The molecule has 0 radical (unpaired) electrons. The molecule has 0 fully saturated rings. The Hall–Kier alpha value is -1.35. The van der Waals surface area contributed by atoms with Crippen LogP contribution in [-0.2, 0) is 0 Å². The third-order valence-corrected chi connectivity index (χ3v) is 2.15. The Bertz CT molecular complexity index is 371. The quantitative estimate of drug-likeness (QED) is 0.752. The summed E-state index contributed by atoms with van der Waals surface area (Å²) in [6, 6.07) is 8.39. The predicted molar refractivity (Wildman–Crippen MR) is 64.8 cm³/mol. The molecule has 3 N–H and O–H groups in total. The first kappa shape index (κ1) is 11.7. The molecule has 0 aliphatic heterocycles. The average molecular weight is 205 g/mol. The van der Waals surface area contributed by atoms with Crippen LogP contribution in [0, 0.1) is 6.92 Å². The summed E-state index contributed by atoms with van der Waals surface area (Å²) < 4.78 is 0. The van der Waals surface area contributed by atoms with E-state index in [1.54, 1.807) is 0 Å². The van der Waals surface area contributed by atoms with Gasteiger partial charge in [-0.15, -0.1) is 0 Å². The van der Waals surface area contributed by atoms with Gasteiger partial charge in [0.25, 0.3) is 0 Å². The molecule has 2 rings (SSSR count). The standard InChI is InChI=1S/C8H8N2.C4H11N/c1-6-9-7-4-2-3-5-8(7)10-6;1-3-4(2)5/h2-5H,1H3,(H,9,10);4H,3,5H2,1-2H3. The molecule has 0 aliphatic rings. The number of hydrogen-bond donors (Lipinski definition) is 2. The number of nitrogens with one attached hydrogen (secondary N) is 1. The normalized spacial score (nSPS) is 12.0. The number of aromatic amines is 1. The van der Waals surface area contributed by atoms with Gasteiger partial charge in [-0.05, 0) is 32.4 Å². The minimum Gasteiger partial charge on any atom is -0.342 e. The van der Waals surface area contributed by atoms with Crippen molar-refractivity contribution in [3.63, 3.8) is 0 Å². The Kier molecular flexibility index (Phi) is 4.31. The number of aromatic nitrogens is 2. The second-order valence-electron chi connectivity index (χ2n) is 3.72. The zero-order valence-corrected chi connectivity index (χ0v) is 9.62. The Balaban J connectivity index is 0.000000195. The van der Waals surface area contributed by atoms with Gasteiger partial charge in [-0.2, -0.15) is 0 Å². The lowest BCUT2D eigenvalue weighted by atomic mass is 10.3. The summed E-state index contributed by atoms with van der Waals surface area (Å²) in [4.78, 5) is 7.40. The van der Waals surface area contributed by atoms with E-state index in [0.29, 0.717) is 6.04 Å². The zero-order chi connectivity index (χ0) is 11.3. The summed E-state index contributed by atoms with van der Waals surface area (Å²) in [5.41, 5.74) is 7.44. The van der Waals surface area contributed by atoms with E-state index in [4.69, 9.17) is 5.73 Å². The zero-order valence-electron chi connectivity index (χ0n) is 9.62. The summed E-state index contributed by atoms with van der Waals surface area (Å²) in [5.74, 6) is 0.973. The van der Waals surface area contributed by atoms with Crippen molar-refractivity contribution in [1.29, 1.82) is 0 Å². The van der Waals surface area contributed by atoms with Gasteiger partial charge in [0.05, 0.1) is 11.0 Å². The maximum Gasteiger partial charge on any atom is 0.104 e. The number of rotatable bonds is 1. The highest BCUT2D eigenvalue weighted by atomic mass is 14.9. The molecule has 0 amide bonds. The van der Waals surface area contributed by atoms with Gasteiger partial charge in [-0.3, -0.25) is 0 Å². The van der Waals surface area contributed by atoms with Crippen LogP contribution in [0.4, 0.5) is 0 Å². The second kappa shape index (κ2) is 5.51. The Labute approximate surface area is 90.7 Å². The molecule has 82 valence electrons. The molecule has 0 saturated carbocycles. The SMILES string of the molecule is CCC(C)N.Cc1nc2ccccc2[nH]1. The van der Waals surface area contributed by atoms with Crippen LogP contribution in [0.5, 0.6) is 0 Å². The van der Waals surface area contributed by atoms with E-state index in [0.717, 1.165) is 23.3 Å². The van der Waals surface area contributed by atoms with E-state index in [2.05, 4.69) is 16.9 Å². The topological polar surface area (TPSA) is 54.7 Å². The van der Waals surface area contributed by atoms with Crippen LogP contribution in [0.15, 0.2) is 24.3 Å². The fourth-order valence-electron chi connectivity index (χ4n) is 1.08. The van der Waals surface area contributed by atoms with Gasteiger partial charge >= 0.3 is 0 Å². The molecule has 0 aliphatic carbocycles. The largest absolute Gasteiger partial charge is 0.342 e. The Morgan fingerprint density at radius 1 is 1.40 bits per heavy atom. The minimum absolute atomic E-state index is 0.384. The summed E-state index contributed by atoms with van der Waals surface area (Å²) in [7, 11) is 0. The summed E-state index contributed by atoms with van der Waals surface area (Å²) >= 11 is 0. The van der Waals surface area contributed by atoms with Crippen molar-refractivity contribution >= 4 is 11.0 Å². The molecule has 1 atom stereocenters. The molecule has 1 unspecified atom stereocenters. The maximum absolute atomic E-state index is 5.29. The van der Waals surface area contributed by atoms with Gasteiger partial charge in [0.1, 0.15) is 5.82 Å². The van der Waals surface area contributed by atoms with Crippen LogP contribution < -0.4 is 5.73 Å². The van der Waals surface area contributed by atoms with Crippen molar-refractivity contribution in [3.05, 3.63) is 30.1 Å². The van der Waals surface area contributed by atoms with Gasteiger partial charge in [-0.25, -0.2) is 4.98 Å². The number of aryl methyl sites for hydroxylation is 1. The molecule has 0 bridgehead atoms. The van der Waals surface area contributed by atoms with Gasteiger partial charge in [-0.1, -0.05) is 19.1 Å². The summed E-state index contributed by atoms with van der Waals surface area (Å²) in [6.45, 7) is 6.03. The predicted octanol–water partition coefficient (Wildman–Crippen LogP) is 2.61. The van der Waals surface area contributed by atoms with E-state index >= 15 is 0 Å². The van der Waals surface area contributed by atoms with Crippen molar-refractivity contribution in [1.82, 2.24) is 9.97 Å². The number of hydrogen-bond acceptors (Lipinski definition) is 2. The second-order valence-corrected chi connectivity index (χ2v) is 3.72. The Morgan fingerprint density at radius 2 is 2.00 bits per heavy atom. The summed E-state index contributed by atoms with van der Waals surface area (Å²) in [5, 5.41) is 0. The number of para-hydroxylation sites is 2. The summed E-state index contributed by atoms with van der Waals surface area (Å²) in [6.07, 6.45) is 1.08. The van der Waals surface area contributed by atoms with E-state index in [1.165, 1.54) is 0 Å². The molecule has 15 heavy (non-hydrogen) atoms. The van der Waals surface area contributed by atoms with Gasteiger partial charge < -0.3 is 10.7 Å². The van der Waals surface area contributed by atoms with E-state index < -0.39 is 0 Å². The van der Waals surface area contributed by atoms with Crippen molar-refractivity contribution in [2.24, 2.45) is 5.73 Å². The number of H-pyrrole nitrogens is 1. The van der Waals surface area contributed by atoms with Crippen molar-refractivity contribution in [2.75, 3.05) is 0 Å². The fourth-order valence-corrected chi connectivity index (χ4v) is 1.08. The first-order valence-corrected chi connectivity index (χ1v) is 5.30. The number of benzene rings is 1. The molecule has 1 aromatic carbocycles. The molecule has 1 heterocycles. The number of imidazole rings is 1. The highest BCUT2D eigenvalue weighted by Gasteiger charge is 1.93. The number of fused-ring (bicyclic) bond motifs is 1. The van der Waals surface area contributed by atoms with Crippen molar-refractivity contribution < 1.29 is 0 Å². The molecule has 2 aromatic rings. The molecule has 3 nitrogen and oxygen atoms in total. The van der Waals surface area contributed by atoms with Crippen LogP contribution >= 0.6 is 0 Å². The van der Waals surface area contributed by atoms with Gasteiger partial charge in [0.2, 0.25) is 0 Å². The number of nitrogens with zero attached hydrogens (tertiary/aromatic N) is 1. The lowest BCUT2D eigenvalue weighted by Gasteiger charge is -1.91.